The monoisotopic (exact) mass is 283 g/mol. The average molecular weight is 284 g/mol. The Morgan fingerprint density at radius 2 is 1.85 bits per heavy atom. The van der Waals surface area contributed by atoms with Gasteiger partial charge >= 0.3 is 0 Å². The Bertz CT molecular complexity index is 244. The van der Waals surface area contributed by atoms with E-state index in [0.717, 1.165) is 5.92 Å². The first-order valence-corrected chi connectivity index (χ1v) is 8.77. The molecule has 1 aliphatic rings. The summed E-state index contributed by atoms with van der Waals surface area (Å²) >= 11 is 0. The minimum atomic E-state index is 0.385. The maximum absolute atomic E-state index is 5.55. The summed E-state index contributed by atoms with van der Waals surface area (Å²) in [6, 6.07) is 0.586. The lowest BCUT2D eigenvalue weighted by Gasteiger charge is -2.42. The van der Waals surface area contributed by atoms with Gasteiger partial charge in [-0.25, -0.2) is 0 Å². The van der Waals surface area contributed by atoms with Crippen LogP contribution in [0.4, 0.5) is 0 Å². The largest absolute Gasteiger partial charge is 0.382 e. The van der Waals surface area contributed by atoms with Crippen LogP contribution in [0.5, 0.6) is 0 Å². The van der Waals surface area contributed by atoms with E-state index in [1.165, 1.54) is 57.9 Å². The summed E-state index contributed by atoms with van der Waals surface area (Å²) in [4.78, 5) is 0. The Hall–Kier alpha value is -0.0800. The van der Waals surface area contributed by atoms with Crippen molar-refractivity contribution >= 4 is 0 Å². The molecule has 1 unspecified atom stereocenters. The molecule has 0 aromatic carbocycles. The maximum Gasteiger partial charge on any atom is 0.0549 e. The molecule has 0 bridgehead atoms. The number of hydrogen-bond acceptors (Lipinski definition) is 2. The normalized spacial score (nSPS) is 28.8. The lowest BCUT2D eigenvalue weighted by Crippen LogP contribution is -2.42. The van der Waals surface area contributed by atoms with Crippen molar-refractivity contribution in [3.63, 3.8) is 0 Å². The molecule has 0 aromatic heterocycles. The van der Waals surface area contributed by atoms with Gasteiger partial charge in [-0.15, -0.1) is 0 Å². The van der Waals surface area contributed by atoms with E-state index in [-0.39, 0.29) is 0 Å². The molecule has 2 nitrogen and oxygen atoms in total. The zero-order chi connectivity index (χ0) is 15.0. The summed E-state index contributed by atoms with van der Waals surface area (Å²) in [5.41, 5.74) is 0.475. The third-order valence-corrected chi connectivity index (χ3v) is 5.14. The third-order valence-electron chi connectivity index (χ3n) is 5.14. The fraction of sp³-hybridized carbons (Fsp3) is 1.00. The maximum atomic E-state index is 5.55. The van der Waals surface area contributed by atoms with Crippen LogP contribution < -0.4 is 5.32 Å². The van der Waals surface area contributed by atoms with Crippen LogP contribution in [-0.4, -0.2) is 25.8 Å². The van der Waals surface area contributed by atoms with Crippen molar-refractivity contribution in [2.75, 3.05) is 13.7 Å². The summed E-state index contributed by atoms with van der Waals surface area (Å²) in [6.07, 6.45) is 11.4. The Balaban J connectivity index is 2.52. The van der Waals surface area contributed by atoms with Crippen LogP contribution in [0.2, 0.25) is 0 Å². The topological polar surface area (TPSA) is 21.3 Å². The number of unbranched alkanes of at least 4 members (excludes halogenated alkanes) is 1. The van der Waals surface area contributed by atoms with Crippen molar-refractivity contribution in [2.24, 2.45) is 11.3 Å². The van der Waals surface area contributed by atoms with Gasteiger partial charge in [0.15, 0.2) is 0 Å². The summed E-state index contributed by atoms with van der Waals surface area (Å²) < 4.78 is 5.55. The second kappa shape index (κ2) is 9.04. The number of ether oxygens (including phenoxy) is 1. The van der Waals surface area contributed by atoms with Crippen molar-refractivity contribution in [1.82, 2.24) is 5.32 Å². The predicted octanol–water partition coefficient (Wildman–Crippen LogP) is 4.78. The molecule has 1 atom stereocenters. The van der Waals surface area contributed by atoms with Gasteiger partial charge in [-0.3, -0.25) is 0 Å². The fourth-order valence-electron chi connectivity index (χ4n) is 3.64. The number of hydrogen-bond donors (Lipinski definition) is 1. The van der Waals surface area contributed by atoms with Crippen molar-refractivity contribution < 1.29 is 4.74 Å². The molecule has 0 amide bonds. The summed E-state index contributed by atoms with van der Waals surface area (Å²) in [5.74, 6) is 0.986. The smallest absolute Gasteiger partial charge is 0.0549 e. The van der Waals surface area contributed by atoms with Crippen LogP contribution in [-0.2, 0) is 4.74 Å². The highest BCUT2D eigenvalue weighted by Crippen LogP contribution is 2.43. The summed E-state index contributed by atoms with van der Waals surface area (Å²) in [5, 5.41) is 3.69. The number of nitrogens with one attached hydrogen (secondary N) is 1. The molecule has 0 saturated heterocycles. The van der Waals surface area contributed by atoms with E-state index in [9.17, 15) is 0 Å². The first kappa shape index (κ1) is 18.0. The molecule has 20 heavy (non-hydrogen) atoms. The first-order chi connectivity index (χ1) is 9.51. The van der Waals surface area contributed by atoms with Gasteiger partial charge in [-0.1, -0.05) is 40.0 Å². The molecule has 0 radical (unpaired) electrons. The molecule has 1 saturated carbocycles. The zero-order valence-corrected chi connectivity index (χ0v) is 14.5. The van der Waals surface area contributed by atoms with Gasteiger partial charge in [0.1, 0.15) is 0 Å². The third kappa shape index (κ3) is 6.13. The van der Waals surface area contributed by atoms with E-state index >= 15 is 0 Å². The van der Waals surface area contributed by atoms with Gasteiger partial charge in [0, 0.05) is 19.7 Å². The fourth-order valence-corrected chi connectivity index (χ4v) is 3.64. The van der Waals surface area contributed by atoms with E-state index in [1.54, 1.807) is 0 Å². The standard InChI is InChI=1S/C18H37NO/c1-6-7-8-17-9-11-18(12-10-17,13-16(4)20-5)14-19-15(2)3/h15-17,19H,6-14H2,1-5H3. The molecule has 0 aliphatic heterocycles. The molecule has 1 aliphatic carbocycles. The lowest BCUT2D eigenvalue weighted by atomic mass is 9.66. The minimum absolute atomic E-state index is 0.385. The Kier molecular flexibility index (Phi) is 8.13. The molecule has 2 heteroatoms. The van der Waals surface area contributed by atoms with Gasteiger partial charge in [0.25, 0.3) is 0 Å². The van der Waals surface area contributed by atoms with Gasteiger partial charge in [0.2, 0.25) is 0 Å². The van der Waals surface area contributed by atoms with Crippen molar-refractivity contribution in [1.29, 1.82) is 0 Å². The summed E-state index contributed by atoms with van der Waals surface area (Å²) in [7, 11) is 1.85. The second-order valence-electron chi connectivity index (χ2n) is 7.37. The van der Waals surface area contributed by atoms with E-state index in [2.05, 4.69) is 33.0 Å². The Labute approximate surface area is 127 Å². The molecule has 0 aromatic rings. The minimum Gasteiger partial charge on any atom is -0.382 e. The molecular weight excluding hydrogens is 246 g/mol. The number of methoxy groups -OCH3 is 1. The van der Waals surface area contributed by atoms with Crippen molar-refractivity contribution in [2.45, 2.75) is 91.2 Å². The highest BCUT2D eigenvalue weighted by atomic mass is 16.5. The first-order valence-electron chi connectivity index (χ1n) is 8.77. The van der Waals surface area contributed by atoms with E-state index in [4.69, 9.17) is 4.74 Å². The van der Waals surface area contributed by atoms with Crippen molar-refractivity contribution in [3.8, 4) is 0 Å². The molecule has 1 fully saturated rings. The number of rotatable bonds is 9. The van der Waals surface area contributed by atoms with Crippen LogP contribution >= 0.6 is 0 Å². The van der Waals surface area contributed by atoms with Crippen LogP contribution in [0, 0.1) is 11.3 Å². The quantitative estimate of drug-likeness (QED) is 0.658. The second-order valence-corrected chi connectivity index (χ2v) is 7.37. The molecule has 1 N–H and O–H groups in total. The predicted molar refractivity (Wildman–Crippen MR) is 88.1 cm³/mol. The van der Waals surface area contributed by atoms with Gasteiger partial charge < -0.3 is 10.1 Å². The Morgan fingerprint density at radius 3 is 2.35 bits per heavy atom. The van der Waals surface area contributed by atoms with Gasteiger partial charge in [-0.05, 0) is 50.4 Å². The van der Waals surface area contributed by atoms with Gasteiger partial charge in [-0.2, -0.15) is 0 Å². The molecular formula is C18H37NO. The van der Waals surface area contributed by atoms with Crippen LogP contribution in [0.25, 0.3) is 0 Å². The average Bonchev–Trinajstić information content (AvgIpc) is 2.44. The highest BCUT2D eigenvalue weighted by molar-refractivity contribution is 4.89. The van der Waals surface area contributed by atoms with Crippen LogP contribution in [0.1, 0.15) is 79.1 Å². The molecule has 0 heterocycles. The van der Waals surface area contributed by atoms with Crippen molar-refractivity contribution in [3.05, 3.63) is 0 Å². The van der Waals surface area contributed by atoms with Crippen LogP contribution in [0.3, 0.4) is 0 Å². The molecule has 1 rings (SSSR count). The molecule has 120 valence electrons. The van der Waals surface area contributed by atoms with E-state index in [0.29, 0.717) is 17.6 Å². The van der Waals surface area contributed by atoms with Gasteiger partial charge in [0.05, 0.1) is 6.10 Å². The lowest BCUT2D eigenvalue weighted by molar-refractivity contribution is 0.0342. The summed E-state index contributed by atoms with van der Waals surface area (Å²) in [6.45, 7) is 10.2. The zero-order valence-electron chi connectivity index (χ0n) is 14.5. The highest BCUT2D eigenvalue weighted by Gasteiger charge is 2.36. The Morgan fingerprint density at radius 1 is 1.20 bits per heavy atom. The van der Waals surface area contributed by atoms with E-state index in [1.807, 2.05) is 7.11 Å². The van der Waals surface area contributed by atoms with E-state index < -0.39 is 0 Å². The van der Waals surface area contributed by atoms with Crippen LogP contribution in [0.15, 0.2) is 0 Å². The SMILES string of the molecule is CCCCC1CCC(CNC(C)C)(CC(C)OC)CC1. The molecule has 0 spiro atoms.